The maximum atomic E-state index is 12.0. The van der Waals surface area contributed by atoms with Gasteiger partial charge in [-0.05, 0) is 65.2 Å². The van der Waals surface area contributed by atoms with E-state index in [4.69, 9.17) is 9.15 Å². The van der Waals surface area contributed by atoms with E-state index in [0.29, 0.717) is 4.67 Å². The smallest absolute Gasteiger partial charge is 0.291 e. The SMILES string of the molecule is COc1ccc(NC(=O)c2ccc(Br)o2)c(C)c1C. The zero-order chi connectivity index (χ0) is 14.0. The molecule has 4 nitrogen and oxygen atoms in total. The van der Waals surface area contributed by atoms with Crippen LogP contribution in [0.3, 0.4) is 0 Å². The number of nitrogens with one attached hydrogen (secondary N) is 1. The predicted molar refractivity (Wildman–Crippen MR) is 76.8 cm³/mol. The number of anilines is 1. The second-order valence-electron chi connectivity index (χ2n) is 4.12. The molecule has 0 radical (unpaired) electrons. The topological polar surface area (TPSA) is 51.5 Å². The first kappa shape index (κ1) is 13.7. The van der Waals surface area contributed by atoms with Gasteiger partial charge < -0.3 is 14.5 Å². The van der Waals surface area contributed by atoms with Crippen LogP contribution >= 0.6 is 15.9 Å². The fourth-order valence-electron chi connectivity index (χ4n) is 1.77. The molecule has 5 heteroatoms. The Morgan fingerprint density at radius 1 is 1.21 bits per heavy atom. The summed E-state index contributed by atoms with van der Waals surface area (Å²) in [4.78, 5) is 12.0. The summed E-state index contributed by atoms with van der Waals surface area (Å²) in [6.45, 7) is 3.89. The zero-order valence-corrected chi connectivity index (χ0v) is 12.5. The largest absolute Gasteiger partial charge is 0.496 e. The Hall–Kier alpha value is -1.75. The number of carbonyl (C=O) groups excluding carboxylic acids is 1. The lowest BCUT2D eigenvalue weighted by Crippen LogP contribution is -2.12. The highest BCUT2D eigenvalue weighted by Crippen LogP contribution is 2.27. The number of methoxy groups -OCH3 is 1. The molecule has 0 bridgehead atoms. The Labute approximate surface area is 119 Å². The first-order chi connectivity index (χ1) is 9.02. The number of carbonyl (C=O) groups is 1. The van der Waals surface area contributed by atoms with Gasteiger partial charge in [-0.15, -0.1) is 0 Å². The monoisotopic (exact) mass is 323 g/mol. The molecule has 0 saturated heterocycles. The highest BCUT2D eigenvalue weighted by atomic mass is 79.9. The minimum absolute atomic E-state index is 0.264. The summed E-state index contributed by atoms with van der Waals surface area (Å²) < 4.78 is 11.0. The molecule has 0 aliphatic heterocycles. The van der Waals surface area contributed by atoms with Gasteiger partial charge in [0.2, 0.25) is 0 Å². The normalized spacial score (nSPS) is 10.3. The number of rotatable bonds is 3. The van der Waals surface area contributed by atoms with Crippen molar-refractivity contribution in [3.05, 3.63) is 45.8 Å². The second kappa shape index (κ2) is 5.48. The van der Waals surface area contributed by atoms with Gasteiger partial charge in [-0.2, -0.15) is 0 Å². The summed E-state index contributed by atoms with van der Waals surface area (Å²) in [6.07, 6.45) is 0. The molecule has 0 aliphatic carbocycles. The highest BCUT2D eigenvalue weighted by Gasteiger charge is 2.13. The van der Waals surface area contributed by atoms with Gasteiger partial charge in [-0.25, -0.2) is 0 Å². The van der Waals surface area contributed by atoms with Gasteiger partial charge in [-0.3, -0.25) is 4.79 Å². The van der Waals surface area contributed by atoms with Crippen LogP contribution in [0.1, 0.15) is 21.7 Å². The summed E-state index contributed by atoms with van der Waals surface area (Å²) in [6, 6.07) is 6.94. The molecule has 19 heavy (non-hydrogen) atoms. The summed E-state index contributed by atoms with van der Waals surface area (Å²) >= 11 is 3.17. The lowest BCUT2D eigenvalue weighted by molar-refractivity contribution is 0.0995. The van der Waals surface area contributed by atoms with Crippen LogP contribution in [0.5, 0.6) is 5.75 Å². The average Bonchev–Trinajstić information content (AvgIpc) is 2.82. The van der Waals surface area contributed by atoms with Crippen molar-refractivity contribution in [3.63, 3.8) is 0 Å². The third-order valence-corrected chi connectivity index (χ3v) is 3.43. The van der Waals surface area contributed by atoms with Gasteiger partial charge in [-0.1, -0.05) is 0 Å². The molecule has 0 spiro atoms. The van der Waals surface area contributed by atoms with Crippen LogP contribution in [0.25, 0.3) is 0 Å². The number of amides is 1. The van der Waals surface area contributed by atoms with Crippen molar-refractivity contribution < 1.29 is 13.9 Å². The molecule has 100 valence electrons. The Kier molecular flexibility index (Phi) is 3.95. The quantitative estimate of drug-likeness (QED) is 0.931. The molecule has 2 rings (SSSR count). The number of ether oxygens (including phenoxy) is 1. The highest BCUT2D eigenvalue weighted by molar-refractivity contribution is 9.10. The number of hydrogen-bond acceptors (Lipinski definition) is 3. The molecule has 2 aromatic rings. The van der Waals surface area contributed by atoms with Crippen LogP contribution < -0.4 is 10.1 Å². The minimum Gasteiger partial charge on any atom is -0.496 e. The first-order valence-electron chi connectivity index (χ1n) is 5.74. The average molecular weight is 324 g/mol. The van der Waals surface area contributed by atoms with Crippen molar-refractivity contribution >= 4 is 27.5 Å². The predicted octanol–water partition coefficient (Wildman–Crippen LogP) is 3.92. The fraction of sp³-hybridized carbons (Fsp3) is 0.214. The first-order valence-corrected chi connectivity index (χ1v) is 6.53. The van der Waals surface area contributed by atoms with E-state index in [1.54, 1.807) is 19.2 Å². The Bertz CT molecular complexity index is 619. The van der Waals surface area contributed by atoms with Crippen LogP contribution in [0.4, 0.5) is 5.69 Å². The molecule has 0 atom stereocenters. The molecule has 1 amide bonds. The van der Waals surface area contributed by atoms with E-state index in [1.165, 1.54) is 0 Å². The summed E-state index contributed by atoms with van der Waals surface area (Å²) in [7, 11) is 1.63. The molecule has 1 heterocycles. The third-order valence-electron chi connectivity index (χ3n) is 3.00. The van der Waals surface area contributed by atoms with Gasteiger partial charge in [0.15, 0.2) is 10.4 Å². The van der Waals surface area contributed by atoms with E-state index in [-0.39, 0.29) is 11.7 Å². The van der Waals surface area contributed by atoms with Crippen LogP contribution in [-0.2, 0) is 0 Å². The van der Waals surface area contributed by atoms with Crippen molar-refractivity contribution in [1.29, 1.82) is 0 Å². The van der Waals surface area contributed by atoms with Crippen molar-refractivity contribution in [2.45, 2.75) is 13.8 Å². The third kappa shape index (κ3) is 2.81. The van der Waals surface area contributed by atoms with Gasteiger partial charge in [0.25, 0.3) is 5.91 Å². The minimum atomic E-state index is -0.279. The maximum absolute atomic E-state index is 12.0. The van der Waals surface area contributed by atoms with Crippen molar-refractivity contribution in [1.82, 2.24) is 0 Å². The number of furan rings is 1. The van der Waals surface area contributed by atoms with Gasteiger partial charge in [0.05, 0.1) is 7.11 Å². The van der Waals surface area contributed by atoms with Crippen LogP contribution in [0.15, 0.2) is 33.4 Å². The molecular formula is C14H14BrNO3. The maximum Gasteiger partial charge on any atom is 0.291 e. The Morgan fingerprint density at radius 2 is 1.95 bits per heavy atom. The lowest BCUT2D eigenvalue weighted by Gasteiger charge is -2.12. The van der Waals surface area contributed by atoms with Gasteiger partial charge >= 0.3 is 0 Å². The summed E-state index contributed by atoms with van der Waals surface area (Å²) in [5.74, 6) is 0.786. The molecular weight excluding hydrogens is 310 g/mol. The van der Waals surface area contributed by atoms with E-state index >= 15 is 0 Å². The molecule has 0 fully saturated rings. The molecule has 0 unspecified atom stereocenters. The lowest BCUT2D eigenvalue weighted by atomic mass is 10.1. The Balaban J connectivity index is 2.24. The fourth-order valence-corrected chi connectivity index (χ4v) is 2.08. The van der Waals surface area contributed by atoms with Crippen molar-refractivity contribution in [2.75, 3.05) is 12.4 Å². The van der Waals surface area contributed by atoms with Crippen LogP contribution in [-0.4, -0.2) is 13.0 Å². The summed E-state index contributed by atoms with van der Waals surface area (Å²) in [5, 5.41) is 2.82. The molecule has 0 aliphatic rings. The number of hydrogen-bond donors (Lipinski definition) is 1. The molecule has 1 aromatic carbocycles. The van der Waals surface area contributed by atoms with E-state index in [2.05, 4.69) is 21.2 Å². The second-order valence-corrected chi connectivity index (χ2v) is 4.90. The molecule has 0 saturated carbocycles. The van der Waals surface area contributed by atoms with Crippen molar-refractivity contribution in [2.24, 2.45) is 0 Å². The number of benzene rings is 1. The summed E-state index contributed by atoms with van der Waals surface area (Å²) in [5.41, 5.74) is 2.72. The number of halogens is 1. The van der Waals surface area contributed by atoms with E-state index in [9.17, 15) is 4.79 Å². The van der Waals surface area contributed by atoms with Gasteiger partial charge in [0.1, 0.15) is 5.75 Å². The van der Waals surface area contributed by atoms with Gasteiger partial charge in [0, 0.05) is 5.69 Å². The van der Waals surface area contributed by atoms with E-state index < -0.39 is 0 Å². The zero-order valence-electron chi connectivity index (χ0n) is 10.9. The van der Waals surface area contributed by atoms with E-state index in [1.807, 2.05) is 26.0 Å². The standard InChI is InChI=1S/C14H14BrNO3/c1-8-9(2)11(18-3)5-4-10(8)16-14(17)12-6-7-13(15)19-12/h4-7H,1-3H3,(H,16,17). The van der Waals surface area contributed by atoms with Crippen LogP contribution in [0.2, 0.25) is 0 Å². The molecule has 1 N–H and O–H groups in total. The van der Waals surface area contributed by atoms with Crippen molar-refractivity contribution in [3.8, 4) is 5.75 Å². The van der Waals surface area contributed by atoms with Crippen LogP contribution in [0, 0.1) is 13.8 Å². The van der Waals surface area contributed by atoms with E-state index in [0.717, 1.165) is 22.6 Å². The molecule has 1 aromatic heterocycles. The Morgan fingerprint density at radius 3 is 2.53 bits per heavy atom.